The van der Waals surface area contributed by atoms with E-state index in [1.54, 1.807) is 0 Å². The third-order valence-electron chi connectivity index (χ3n) is 3.18. The highest BCUT2D eigenvalue weighted by Gasteiger charge is 2.19. The molecule has 2 aromatic rings. The van der Waals surface area contributed by atoms with E-state index < -0.39 is 4.92 Å². The van der Waals surface area contributed by atoms with E-state index in [2.05, 4.69) is 6.07 Å². The fourth-order valence-electron chi connectivity index (χ4n) is 2.40. The lowest BCUT2D eigenvalue weighted by Gasteiger charge is -2.14. The third kappa shape index (κ3) is 1.30. The van der Waals surface area contributed by atoms with Gasteiger partial charge in [0.05, 0.1) is 6.07 Å². The Morgan fingerprint density at radius 1 is 1.25 bits per heavy atom. The number of rotatable bonds is 1. The first-order valence-electron chi connectivity index (χ1n) is 5.44. The van der Waals surface area contributed by atoms with E-state index in [-0.39, 0.29) is 5.88 Å². The average molecular weight is 217 g/mol. The minimum atomic E-state index is -0.477. The lowest BCUT2D eigenvalue weighted by molar-refractivity contribution is -0.401. The van der Waals surface area contributed by atoms with Gasteiger partial charge in [0.1, 0.15) is 10.5 Å². The summed E-state index contributed by atoms with van der Waals surface area (Å²) in [5.74, 6) is -0.158. The van der Waals surface area contributed by atoms with Gasteiger partial charge in [-0.3, -0.25) is 10.1 Å². The number of nitrogens with zero attached hydrogens (tertiary/aromatic N) is 1. The van der Waals surface area contributed by atoms with Crippen molar-refractivity contribution < 1.29 is 9.34 Å². The van der Waals surface area contributed by atoms with Crippen LogP contribution in [0.3, 0.4) is 0 Å². The zero-order valence-corrected chi connectivity index (χ0v) is 8.73. The van der Waals surface area contributed by atoms with Gasteiger partial charge in [0.2, 0.25) is 0 Å². The normalized spacial score (nSPS) is 15.0. The van der Waals surface area contributed by atoms with Gasteiger partial charge in [-0.25, -0.2) is 0 Å². The van der Waals surface area contributed by atoms with E-state index >= 15 is 0 Å². The van der Waals surface area contributed by atoms with Gasteiger partial charge in [-0.15, -0.1) is 0 Å². The standard InChI is InChI=1S/C12H11NO3/c14-13(15)11-7-9-6-5-8-3-1-2-4-10(8)12(9)16-11/h5-7H,1-4H2. The topological polar surface area (TPSA) is 56.3 Å². The summed E-state index contributed by atoms with van der Waals surface area (Å²) in [6.07, 6.45) is 4.36. The second-order valence-corrected chi connectivity index (χ2v) is 4.17. The van der Waals surface area contributed by atoms with Crippen molar-refractivity contribution in [1.29, 1.82) is 0 Å². The van der Waals surface area contributed by atoms with Gasteiger partial charge in [0.25, 0.3) is 0 Å². The highest BCUT2D eigenvalue weighted by molar-refractivity contribution is 5.84. The molecule has 0 N–H and O–H groups in total. The molecule has 82 valence electrons. The van der Waals surface area contributed by atoms with Gasteiger partial charge >= 0.3 is 5.88 Å². The maximum absolute atomic E-state index is 10.7. The SMILES string of the molecule is O=[N+]([O-])c1cc2ccc3c(c2o1)CCCC3. The summed E-state index contributed by atoms with van der Waals surface area (Å²) >= 11 is 0. The molecule has 1 aromatic heterocycles. The maximum atomic E-state index is 10.7. The minimum Gasteiger partial charge on any atom is -0.400 e. The van der Waals surface area contributed by atoms with Crippen LogP contribution < -0.4 is 0 Å². The van der Waals surface area contributed by atoms with Crippen molar-refractivity contribution in [3.63, 3.8) is 0 Å². The van der Waals surface area contributed by atoms with Crippen LogP contribution in [-0.4, -0.2) is 4.92 Å². The molecular formula is C12H11NO3. The molecule has 0 fully saturated rings. The first-order valence-corrected chi connectivity index (χ1v) is 5.44. The van der Waals surface area contributed by atoms with E-state index in [4.69, 9.17) is 4.42 Å². The van der Waals surface area contributed by atoms with E-state index in [1.807, 2.05) is 6.07 Å². The van der Waals surface area contributed by atoms with Crippen molar-refractivity contribution >= 4 is 16.9 Å². The van der Waals surface area contributed by atoms with Crippen LogP contribution in [0.5, 0.6) is 0 Å². The largest absolute Gasteiger partial charge is 0.434 e. The predicted octanol–water partition coefficient (Wildman–Crippen LogP) is 3.22. The van der Waals surface area contributed by atoms with Crippen LogP contribution in [0.2, 0.25) is 0 Å². The molecule has 1 heterocycles. The van der Waals surface area contributed by atoms with Gasteiger partial charge in [-0.05, 0) is 36.8 Å². The molecule has 0 radical (unpaired) electrons. The molecule has 0 amide bonds. The molecule has 0 unspecified atom stereocenters. The Morgan fingerprint density at radius 2 is 2.06 bits per heavy atom. The predicted molar refractivity (Wildman–Crippen MR) is 59.5 cm³/mol. The van der Waals surface area contributed by atoms with E-state index in [1.165, 1.54) is 18.1 Å². The Kier molecular flexibility index (Phi) is 1.96. The second kappa shape index (κ2) is 3.33. The first kappa shape index (κ1) is 9.39. The van der Waals surface area contributed by atoms with Crippen LogP contribution in [0, 0.1) is 10.1 Å². The van der Waals surface area contributed by atoms with Crippen molar-refractivity contribution in [3.05, 3.63) is 39.4 Å². The van der Waals surface area contributed by atoms with Crippen molar-refractivity contribution in [2.45, 2.75) is 25.7 Å². The summed E-state index contributed by atoms with van der Waals surface area (Å²) in [5, 5.41) is 11.5. The van der Waals surface area contributed by atoms with Gasteiger partial charge in [0.15, 0.2) is 0 Å². The molecule has 3 rings (SSSR count). The zero-order valence-electron chi connectivity index (χ0n) is 8.73. The van der Waals surface area contributed by atoms with Gasteiger partial charge < -0.3 is 4.42 Å². The van der Waals surface area contributed by atoms with Crippen molar-refractivity contribution in [2.75, 3.05) is 0 Å². The average Bonchev–Trinajstić information content (AvgIpc) is 2.73. The summed E-state index contributed by atoms with van der Waals surface area (Å²) < 4.78 is 5.33. The second-order valence-electron chi connectivity index (χ2n) is 4.17. The molecule has 0 bridgehead atoms. The zero-order chi connectivity index (χ0) is 11.1. The molecule has 1 aliphatic carbocycles. The van der Waals surface area contributed by atoms with Gasteiger partial charge in [-0.2, -0.15) is 0 Å². The van der Waals surface area contributed by atoms with Gasteiger partial charge in [-0.1, -0.05) is 12.1 Å². The van der Waals surface area contributed by atoms with E-state index in [0.29, 0.717) is 5.58 Å². The number of benzene rings is 1. The summed E-state index contributed by atoms with van der Waals surface area (Å²) in [6, 6.07) is 5.48. The number of fused-ring (bicyclic) bond motifs is 3. The highest BCUT2D eigenvalue weighted by Crippen LogP contribution is 2.33. The Bertz CT molecular complexity index is 571. The quantitative estimate of drug-likeness (QED) is 0.544. The number of aryl methyl sites for hydroxylation is 2. The Balaban J connectivity index is 2.26. The minimum absolute atomic E-state index is 0.158. The molecule has 1 aromatic carbocycles. The fourth-order valence-corrected chi connectivity index (χ4v) is 2.40. The van der Waals surface area contributed by atoms with Crippen LogP contribution >= 0.6 is 0 Å². The molecule has 0 saturated heterocycles. The molecule has 1 aliphatic rings. The summed E-state index contributed by atoms with van der Waals surface area (Å²) in [6.45, 7) is 0. The fraction of sp³-hybridized carbons (Fsp3) is 0.333. The maximum Gasteiger partial charge on any atom is 0.434 e. The molecule has 4 heteroatoms. The Hall–Kier alpha value is -1.84. The van der Waals surface area contributed by atoms with Crippen LogP contribution in [-0.2, 0) is 12.8 Å². The molecule has 4 nitrogen and oxygen atoms in total. The van der Waals surface area contributed by atoms with Crippen molar-refractivity contribution in [3.8, 4) is 0 Å². The number of furan rings is 1. The molecule has 0 saturated carbocycles. The highest BCUT2D eigenvalue weighted by atomic mass is 16.6. The third-order valence-corrected chi connectivity index (χ3v) is 3.18. The van der Waals surface area contributed by atoms with Gasteiger partial charge in [0, 0.05) is 5.39 Å². The van der Waals surface area contributed by atoms with E-state index in [9.17, 15) is 10.1 Å². The molecule has 0 atom stereocenters. The number of hydrogen-bond donors (Lipinski definition) is 0. The summed E-state index contributed by atoms with van der Waals surface area (Å²) in [5.41, 5.74) is 3.16. The smallest absolute Gasteiger partial charge is 0.400 e. The lowest BCUT2D eigenvalue weighted by atomic mass is 9.90. The van der Waals surface area contributed by atoms with Crippen LogP contribution in [0.15, 0.2) is 22.6 Å². The molecular weight excluding hydrogens is 206 g/mol. The molecule has 0 aliphatic heterocycles. The number of nitro groups is 1. The first-order chi connectivity index (χ1) is 7.75. The number of hydrogen-bond acceptors (Lipinski definition) is 3. The molecule has 16 heavy (non-hydrogen) atoms. The van der Waals surface area contributed by atoms with Crippen molar-refractivity contribution in [2.24, 2.45) is 0 Å². The van der Waals surface area contributed by atoms with Crippen LogP contribution in [0.25, 0.3) is 11.0 Å². The molecule has 0 spiro atoms. The summed E-state index contributed by atoms with van der Waals surface area (Å²) in [4.78, 5) is 10.2. The van der Waals surface area contributed by atoms with E-state index in [0.717, 1.165) is 30.2 Å². The lowest BCUT2D eigenvalue weighted by Crippen LogP contribution is -2.02. The Morgan fingerprint density at radius 3 is 2.88 bits per heavy atom. The van der Waals surface area contributed by atoms with Crippen LogP contribution in [0.4, 0.5) is 5.88 Å². The summed E-state index contributed by atoms with van der Waals surface area (Å²) in [7, 11) is 0. The Labute approximate surface area is 92.0 Å². The van der Waals surface area contributed by atoms with Crippen molar-refractivity contribution in [1.82, 2.24) is 0 Å². The monoisotopic (exact) mass is 217 g/mol. The van der Waals surface area contributed by atoms with Crippen LogP contribution in [0.1, 0.15) is 24.0 Å².